The molecule has 0 unspecified atom stereocenters. The van der Waals surface area contributed by atoms with Crippen LogP contribution in [0.15, 0.2) is 168 Å². The monoisotopic (exact) mass is 617 g/mol. The number of benzene rings is 8. The minimum absolute atomic E-state index is 0.907. The van der Waals surface area contributed by atoms with E-state index in [-0.39, 0.29) is 0 Å². The van der Waals surface area contributed by atoms with Crippen LogP contribution in [0.25, 0.3) is 74.8 Å². The molecule has 8 aromatic carbocycles. The van der Waals surface area contributed by atoms with Gasteiger partial charge in [0.1, 0.15) is 11.2 Å². The average Bonchev–Trinajstić information content (AvgIpc) is 3.70. The third-order valence-electron chi connectivity index (χ3n) is 9.41. The van der Waals surface area contributed by atoms with Gasteiger partial charge >= 0.3 is 0 Å². The first-order valence-electron chi connectivity index (χ1n) is 15.9. The molecule has 10 rings (SSSR count). The number of hydrogen-bond acceptors (Lipinski definition) is 3. The first-order chi connectivity index (χ1) is 23.3. The van der Waals surface area contributed by atoms with Gasteiger partial charge in [-0.3, -0.25) is 0 Å². The van der Waals surface area contributed by atoms with Crippen molar-refractivity contribution in [3.05, 3.63) is 164 Å². The predicted molar refractivity (Wildman–Crippen MR) is 202 cm³/mol. The molecule has 0 spiro atoms. The maximum Gasteiger partial charge on any atom is 0.136 e. The molecule has 0 saturated heterocycles. The molecule has 220 valence electrons. The Labute approximate surface area is 275 Å². The lowest BCUT2D eigenvalue weighted by Crippen LogP contribution is -2.11. The molecule has 0 aliphatic rings. The Hall–Kier alpha value is -5.90. The summed E-state index contributed by atoms with van der Waals surface area (Å²) in [5.41, 5.74) is 7.63. The van der Waals surface area contributed by atoms with Gasteiger partial charge in [-0.25, -0.2) is 0 Å². The Morgan fingerprint density at radius 1 is 0.404 bits per heavy atom. The van der Waals surface area contributed by atoms with Crippen molar-refractivity contribution in [2.45, 2.75) is 0 Å². The van der Waals surface area contributed by atoms with Crippen molar-refractivity contribution in [3.8, 4) is 11.1 Å². The van der Waals surface area contributed by atoms with Gasteiger partial charge in [0, 0.05) is 37.3 Å². The maximum absolute atomic E-state index is 6.39. The highest BCUT2D eigenvalue weighted by Gasteiger charge is 2.22. The second kappa shape index (κ2) is 10.3. The Morgan fingerprint density at radius 2 is 1.11 bits per heavy atom. The molecule has 10 aromatic rings. The van der Waals surface area contributed by atoms with Gasteiger partial charge in [-0.2, -0.15) is 0 Å². The minimum atomic E-state index is 0.907. The third-order valence-corrected chi connectivity index (χ3v) is 10.6. The normalized spacial score (nSPS) is 11.8. The van der Waals surface area contributed by atoms with E-state index < -0.39 is 0 Å². The molecule has 2 heterocycles. The van der Waals surface area contributed by atoms with Crippen molar-refractivity contribution in [2.24, 2.45) is 0 Å². The number of anilines is 3. The standard InChI is InChI=1S/C44H27NOS/c1-2-12-28(13-3-1)29-14-10-15-31(24-29)45(39-21-11-20-36-35-19-7-9-23-43(35)47-44(36)39)40-25-30-26-42-38(34-18-6-8-22-41(34)46-42)27-37(30)32-16-4-5-17-33(32)40/h1-27H. The maximum atomic E-state index is 6.39. The SMILES string of the molecule is c1ccc(-c2cccc(N(c3cc4cc5oc6ccccc6c5cc4c4ccccc34)c3cccc4c3sc3ccccc34)c2)cc1. The number of thiophene rings is 1. The molecule has 0 bridgehead atoms. The molecule has 0 N–H and O–H groups in total. The average molecular weight is 618 g/mol. The van der Waals surface area contributed by atoms with E-state index in [2.05, 4.69) is 163 Å². The van der Waals surface area contributed by atoms with E-state index in [1.54, 1.807) is 0 Å². The molecule has 0 aliphatic heterocycles. The van der Waals surface area contributed by atoms with E-state index in [9.17, 15) is 0 Å². The number of hydrogen-bond donors (Lipinski definition) is 0. The zero-order chi connectivity index (χ0) is 30.9. The summed E-state index contributed by atoms with van der Waals surface area (Å²) in [6.45, 7) is 0. The van der Waals surface area contributed by atoms with E-state index >= 15 is 0 Å². The number of fused-ring (bicyclic) bond motifs is 9. The summed E-state index contributed by atoms with van der Waals surface area (Å²) in [6.07, 6.45) is 0. The van der Waals surface area contributed by atoms with Gasteiger partial charge in [0.25, 0.3) is 0 Å². The van der Waals surface area contributed by atoms with Crippen LogP contribution in [0, 0.1) is 0 Å². The molecule has 0 aliphatic carbocycles. The van der Waals surface area contributed by atoms with Gasteiger partial charge in [0.05, 0.1) is 16.1 Å². The van der Waals surface area contributed by atoms with Gasteiger partial charge in [-0.05, 0) is 75.8 Å². The van der Waals surface area contributed by atoms with Crippen molar-refractivity contribution in [2.75, 3.05) is 4.90 Å². The molecule has 2 nitrogen and oxygen atoms in total. The first kappa shape index (κ1) is 26.3. The topological polar surface area (TPSA) is 16.4 Å². The number of para-hydroxylation sites is 1. The van der Waals surface area contributed by atoms with Crippen LogP contribution in [0.1, 0.15) is 0 Å². The highest BCUT2D eigenvalue weighted by Crippen LogP contribution is 2.48. The lowest BCUT2D eigenvalue weighted by Gasteiger charge is -2.28. The van der Waals surface area contributed by atoms with Crippen LogP contribution in [0.4, 0.5) is 17.1 Å². The molecule has 47 heavy (non-hydrogen) atoms. The highest BCUT2D eigenvalue weighted by molar-refractivity contribution is 7.26. The summed E-state index contributed by atoms with van der Waals surface area (Å²) in [6, 6.07) is 59.1. The first-order valence-corrected chi connectivity index (χ1v) is 16.7. The molecular weight excluding hydrogens is 591 g/mol. The largest absolute Gasteiger partial charge is 0.456 e. The molecule has 3 heteroatoms. The van der Waals surface area contributed by atoms with Crippen LogP contribution in [0.3, 0.4) is 0 Å². The lowest BCUT2D eigenvalue weighted by atomic mass is 9.97. The summed E-state index contributed by atoms with van der Waals surface area (Å²) in [5, 5.41) is 9.67. The van der Waals surface area contributed by atoms with E-state index in [4.69, 9.17) is 4.42 Å². The summed E-state index contributed by atoms with van der Waals surface area (Å²) >= 11 is 1.86. The van der Waals surface area contributed by atoms with Crippen molar-refractivity contribution >= 4 is 92.1 Å². The van der Waals surface area contributed by atoms with Crippen LogP contribution >= 0.6 is 11.3 Å². The second-order valence-electron chi connectivity index (χ2n) is 12.1. The van der Waals surface area contributed by atoms with Crippen LogP contribution in [-0.2, 0) is 0 Å². The van der Waals surface area contributed by atoms with Crippen LogP contribution in [0.2, 0.25) is 0 Å². The Morgan fingerprint density at radius 3 is 2.00 bits per heavy atom. The lowest BCUT2D eigenvalue weighted by molar-refractivity contribution is 0.669. The van der Waals surface area contributed by atoms with Gasteiger partial charge in [0.15, 0.2) is 0 Å². The Balaban J connectivity index is 1.31. The fourth-order valence-electron chi connectivity index (χ4n) is 7.26. The quantitative estimate of drug-likeness (QED) is 0.183. The van der Waals surface area contributed by atoms with Crippen LogP contribution in [0.5, 0.6) is 0 Å². The van der Waals surface area contributed by atoms with Gasteiger partial charge in [-0.1, -0.05) is 115 Å². The molecule has 0 amide bonds. The van der Waals surface area contributed by atoms with Gasteiger partial charge in [-0.15, -0.1) is 11.3 Å². The fourth-order valence-corrected chi connectivity index (χ4v) is 8.47. The summed E-state index contributed by atoms with van der Waals surface area (Å²) in [7, 11) is 0. The Bertz CT molecular complexity index is 2810. The van der Waals surface area contributed by atoms with Gasteiger partial charge in [0.2, 0.25) is 0 Å². The van der Waals surface area contributed by atoms with E-state index in [0.29, 0.717) is 0 Å². The van der Waals surface area contributed by atoms with Crippen molar-refractivity contribution in [1.29, 1.82) is 0 Å². The second-order valence-corrected chi connectivity index (χ2v) is 13.2. The molecule has 0 saturated carbocycles. The highest BCUT2D eigenvalue weighted by atomic mass is 32.1. The number of rotatable bonds is 4. The summed E-state index contributed by atoms with van der Waals surface area (Å²) in [4.78, 5) is 2.47. The Kier molecular flexibility index (Phi) is 5.78. The molecule has 0 fully saturated rings. The molecule has 2 aromatic heterocycles. The van der Waals surface area contributed by atoms with Crippen molar-refractivity contribution in [1.82, 2.24) is 0 Å². The van der Waals surface area contributed by atoms with Crippen molar-refractivity contribution < 1.29 is 4.42 Å². The van der Waals surface area contributed by atoms with E-state index in [0.717, 1.165) is 38.7 Å². The molecule has 0 atom stereocenters. The fraction of sp³-hybridized carbons (Fsp3) is 0. The van der Waals surface area contributed by atoms with Crippen LogP contribution < -0.4 is 4.90 Å². The minimum Gasteiger partial charge on any atom is -0.456 e. The number of nitrogens with zero attached hydrogens (tertiary/aromatic N) is 1. The number of furan rings is 1. The molecular formula is C44H27NOS. The third kappa shape index (κ3) is 4.10. The summed E-state index contributed by atoms with van der Waals surface area (Å²) in [5.74, 6) is 0. The van der Waals surface area contributed by atoms with Crippen molar-refractivity contribution in [3.63, 3.8) is 0 Å². The smallest absolute Gasteiger partial charge is 0.136 e. The molecule has 0 radical (unpaired) electrons. The zero-order valence-electron chi connectivity index (χ0n) is 25.4. The zero-order valence-corrected chi connectivity index (χ0v) is 26.2. The predicted octanol–water partition coefficient (Wildman–Crippen LogP) is 13.4. The van der Waals surface area contributed by atoms with E-state index in [1.165, 1.54) is 53.1 Å². The summed E-state index contributed by atoms with van der Waals surface area (Å²) < 4.78 is 8.96. The van der Waals surface area contributed by atoms with E-state index in [1.807, 2.05) is 17.4 Å². The van der Waals surface area contributed by atoms with Gasteiger partial charge < -0.3 is 9.32 Å². The van der Waals surface area contributed by atoms with Crippen LogP contribution in [-0.4, -0.2) is 0 Å².